The van der Waals surface area contributed by atoms with E-state index in [0.717, 1.165) is 15.2 Å². The summed E-state index contributed by atoms with van der Waals surface area (Å²) in [5.41, 5.74) is 1.41. The fourth-order valence-corrected chi connectivity index (χ4v) is 2.75. The van der Waals surface area contributed by atoms with E-state index < -0.39 is 12.1 Å². The number of rotatable bonds is 2. The molecule has 1 aromatic heterocycles. The van der Waals surface area contributed by atoms with Crippen LogP contribution in [0.2, 0.25) is 0 Å². The number of esters is 1. The Bertz CT molecular complexity index is 613. The molecule has 0 spiro atoms. The predicted molar refractivity (Wildman–Crippen MR) is 75.3 cm³/mol. The van der Waals surface area contributed by atoms with E-state index in [-0.39, 0.29) is 5.41 Å². The molecule has 2 aromatic rings. The summed E-state index contributed by atoms with van der Waals surface area (Å²) >= 11 is 1.58. The van der Waals surface area contributed by atoms with Gasteiger partial charge >= 0.3 is 5.97 Å². The molecule has 5 heteroatoms. The monoisotopic (exact) mass is 279 g/mol. The first kappa shape index (κ1) is 14.0. The molecule has 0 saturated carbocycles. The first-order valence-corrected chi connectivity index (χ1v) is 6.81. The van der Waals surface area contributed by atoms with Crippen molar-refractivity contribution in [1.82, 2.24) is 4.98 Å². The molecular weight excluding hydrogens is 262 g/mol. The number of aliphatic hydroxyl groups is 1. The van der Waals surface area contributed by atoms with E-state index in [0.29, 0.717) is 5.56 Å². The van der Waals surface area contributed by atoms with Gasteiger partial charge in [-0.25, -0.2) is 9.78 Å². The quantitative estimate of drug-likeness (QED) is 0.859. The largest absolute Gasteiger partial charge is 0.467 e. The topological polar surface area (TPSA) is 59.4 Å². The minimum Gasteiger partial charge on any atom is -0.467 e. The normalized spacial score (nSPS) is 13.5. The van der Waals surface area contributed by atoms with E-state index >= 15 is 0 Å². The van der Waals surface area contributed by atoms with Gasteiger partial charge in [-0.15, -0.1) is 11.3 Å². The van der Waals surface area contributed by atoms with Crippen LogP contribution >= 0.6 is 11.3 Å². The number of nitrogens with zero attached hydrogens (tertiary/aromatic N) is 1. The second-order valence-electron chi connectivity index (χ2n) is 5.42. The maximum absolute atomic E-state index is 11.3. The number of carbonyl (C=O) groups excluding carboxylic acids is 1. The second-order valence-corrected chi connectivity index (χ2v) is 6.45. The molecule has 2 rings (SSSR count). The highest BCUT2D eigenvalue weighted by atomic mass is 32.1. The smallest absolute Gasteiger partial charge is 0.339 e. The van der Waals surface area contributed by atoms with Crippen LogP contribution in [0.3, 0.4) is 0 Å². The number of carbonyl (C=O) groups is 1. The molecule has 4 nitrogen and oxygen atoms in total. The summed E-state index contributed by atoms with van der Waals surface area (Å²) in [5.74, 6) is -0.653. The molecule has 0 aliphatic carbocycles. The Labute approximate surface area is 116 Å². The third kappa shape index (κ3) is 2.77. The van der Waals surface area contributed by atoms with Crippen molar-refractivity contribution in [2.24, 2.45) is 0 Å². The number of hydrogen-bond donors (Lipinski definition) is 1. The highest BCUT2D eigenvalue weighted by Gasteiger charge is 2.21. The Balaban J connectivity index is 2.43. The lowest BCUT2D eigenvalue weighted by Crippen LogP contribution is -2.13. The van der Waals surface area contributed by atoms with Crippen LogP contribution in [0.5, 0.6) is 0 Å². The van der Waals surface area contributed by atoms with E-state index in [1.807, 2.05) is 6.07 Å². The van der Waals surface area contributed by atoms with Crippen molar-refractivity contribution >= 4 is 27.5 Å². The Morgan fingerprint density at radius 1 is 1.42 bits per heavy atom. The van der Waals surface area contributed by atoms with E-state index in [9.17, 15) is 9.90 Å². The third-order valence-electron chi connectivity index (χ3n) is 2.79. The van der Waals surface area contributed by atoms with E-state index in [2.05, 4.69) is 30.5 Å². The highest BCUT2D eigenvalue weighted by Crippen LogP contribution is 2.32. The second kappa shape index (κ2) is 4.90. The molecule has 1 aromatic carbocycles. The lowest BCUT2D eigenvalue weighted by molar-refractivity contribution is -0.150. The summed E-state index contributed by atoms with van der Waals surface area (Å²) < 4.78 is 5.50. The molecule has 102 valence electrons. The van der Waals surface area contributed by atoms with Crippen molar-refractivity contribution in [2.75, 3.05) is 7.11 Å². The van der Waals surface area contributed by atoms with Crippen molar-refractivity contribution < 1.29 is 14.6 Å². The predicted octanol–water partition coefficient (Wildman–Crippen LogP) is 2.80. The summed E-state index contributed by atoms with van der Waals surface area (Å²) in [6.45, 7) is 6.32. The third-order valence-corrected chi connectivity index (χ3v) is 4.24. The van der Waals surface area contributed by atoms with Gasteiger partial charge in [-0.2, -0.15) is 0 Å². The van der Waals surface area contributed by atoms with Gasteiger partial charge in [0.2, 0.25) is 0 Å². The van der Waals surface area contributed by atoms with Gasteiger partial charge in [-0.1, -0.05) is 26.8 Å². The van der Waals surface area contributed by atoms with Crippen molar-refractivity contribution in [1.29, 1.82) is 0 Å². The van der Waals surface area contributed by atoms with E-state index in [1.54, 1.807) is 23.5 Å². The molecule has 0 bridgehead atoms. The van der Waals surface area contributed by atoms with E-state index in [4.69, 9.17) is 0 Å². The van der Waals surface area contributed by atoms with Crippen molar-refractivity contribution in [3.8, 4) is 0 Å². The average molecular weight is 279 g/mol. The Morgan fingerprint density at radius 2 is 2.11 bits per heavy atom. The molecule has 0 fully saturated rings. The lowest BCUT2D eigenvalue weighted by Gasteiger charge is -2.13. The summed E-state index contributed by atoms with van der Waals surface area (Å²) in [4.78, 5) is 15.9. The molecule has 1 N–H and O–H groups in total. The van der Waals surface area contributed by atoms with Crippen molar-refractivity contribution in [2.45, 2.75) is 32.3 Å². The Morgan fingerprint density at radius 3 is 2.68 bits per heavy atom. The minimum absolute atomic E-state index is 0.00911. The number of aliphatic hydroxyl groups excluding tert-OH is 1. The number of benzene rings is 1. The summed E-state index contributed by atoms with van der Waals surface area (Å²) in [6.07, 6.45) is -1.24. The summed E-state index contributed by atoms with van der Waals surface area (Å²) in [6, 6.07) is 5.32. The van der Waals surface area contributed by atoms with Crippen LogP contribution in [0.1, 0.15) is 37.4 Å². The minimum atomic E-state index is -1.24. The van der Waals surface area contributed by atoms with Gasteiger partial charge in [0.05, 0.1) is 22.3 Å². The average Bonchev–Trinajstić information content (AvgIpc) is 2.79. The molecule has 1 heterocycles. The molecular formula is C14H17NO3S. The van der Waals surface area contributed by atoms with Crippen LogP contribution in [0.4, 0.5) is 0 Å². The van der Waals surface area contributed by atoms with Gasteiger partial charge in [0.15, 0.2) is 6.10 Å². The zero-order valence-corrected chi connectivity index (χ0v) is 12.2. The van der Waals surface area contributed by atoms with Crippen molar-refractivity contribution in [3.05, 3.63) is 28.8 Å². The van der Waals surface area contributed by atoms with Gasteiger partial charge in [0, 0.05) is 5.41 Å². The molecule has 0 amide bonds. The Hall–Kier alpha value is -1.46. The van der Waals surface area contributed by atoms with Gasteiger partial charge in [-0.3, -0.25) is 0 Å². The van der Waals surface area contributed by atoms with Gasteiger partial charge < -0.3 is 9.84 Å². The summed E-state index contributed by atoms with van der Waals surface area (Å²) in [5, 5.41) is 10.9. The molecule has 0 radical (unpaired) electrons. The number of fused-ring (bicyclic) bond motifs is 1. The number of hydrogen-bond acceptors (Lipinski definition) is 5. The maximum Gasteiger partial charge on any atom is 0.339 e. The van der Waals surface area contributed by atoms with Crippen LogP contribution in [-0.2, 0) is 14.9 Å². The molecule has 0 saturated heterocycles. The number of aromatic nitrogens is 1. The first-order chi connectivity index (χ1) is 8.82. The zero-order valence-electron chi connectivity index (χ0n) is 11.4. The number of thiazole rings is 1. The van der Waals surface area contributed by atoms with Crippen LogP contribution in [0, 0.1) is 0 Å². The maximum atomic E-state index is 11.3. The molecule has 19 heavy (non-hydrogen) atoms. The lowest BCUT2D eigenvalue weighted by atomic mass is 9.98. The standard InChI is InChI=1S/C14H17NO3S/c1-14(2,3)13-15-9-6-5-8(7-10(9)19-13)11(16)12(17)18-4/h5-7,11,16H,1-4H3. The van der Waals surface area contributed by atoms with Crippen LogP contribution in [0.25, 0.3) is 10.2 Å². The van der Waals surface area contributed by atoms with Gasteiger partial charge in [0.25, 0.3) is 0 Å². The molecule has 1 atom stereocenters. The summed E-state index contributed by atoms with van der Waals surface area (Å²) in [7, 11) is 1.26. The van der Waals surface area contributed by atoms with E-state index in [1.165, 1.54) is 7.11 Å². The van der Waals surface area contributed by atoms with Crippen LogP contribution in [0.15, 0.2) is 18.2 Å². The van der Waals surface area contributed by atoms with Gasteiger partial charge in [0.1, 0.15) is 0 Å². The molecule has 0 aliphatic rings. The zero-order chi connectivity index (χ0) is 14.2. The van der Waals surface area contributed by atoms with Gasteiger partial charge in [-0.05, 0) is 17.7 Å². The Kier molecular flexibility index (Phi) is 3.60. The fraction of sp³-hybridized carbons (Fsp3) is 0.429. The number of methoxy groups -OCH3 is 1. The fourth-order valence-electron chi connectivity index (χ4n) is 1.68. The van der Waals surface area contributed by atoms with Crippen LogP contribution < -0.4 is 0 Å². The first-order valence-electron chi connectivity index (χ1n) is 6.00. The van der Waals surface area contributed by atoms with Crippen molar-refractivity contribution in [3.63, 3.8) is 0 Å². The molecule has 1 unspecified atom stereocenters. The SMILES string of the molecule is COC(=O)C(O)c1ccc2nc(C(C)(C)C)sc2c1. The molecule has 0 aliphatic heterocycles. The van der Waals surface area contributed by atoms with Crippen LogP contribution in [-0.4, -0.2) is 23.2 Å². The number of ether oxygens (including phenoxy) is 1. The highest BCUT2D eigenvalue weighted by molar-refractivity contribution is 7.18.